The lowest BCUT2D eigenvalue weighted by atomic mass is 9.98. The number of pyridine rings is 1. The highest BCUT2D eigenvalue weighted by Gasteiger charge is 2.25. The second-order valence-corrected chi connectivity index (χ2v) is 5.07. The van der Waals surface area contributed by atoms with Crippen molar-refractivity contribution < 1.29 is 4.79 Å². The fourth-order valence-electron chi connectivity index (χ4n) is 2.48. The smallest absolute Gasteiger partial charge is 0.227 e. The van der Waals surface area contributed by atoms with Crippen LogP contribution in [0.2, 0.25) is 0 Å². The number of nitriles is 1. The van der Waals surface area contributed by atoms with Crippen molar-refractivity contribution in [3.8, 4) is 6.07 Å². The average Bonchev–Trinajstić information content (AvgIpc) is 2.52. The van der Waals surface area contributed by atoms with Crippen LogP contribution in [0.1, 0.15) is 24.8 Å². The minimum Gasteiger partial charge on any atom is -0.337 e. The SMILES string of the molecule is N#CCCN(Cc1cccnc1)C(=O)[C@H]1CCCNC1. The van der Waals surface area contributed by atoms with Gasteiger partial charge in [-0.15, -0.1) is 0 Å². The van der Waals surface area contributed by atoms with E-state index in [0.29, 0.717) is 19.5 Å². The zero-order valence-corrected chi connectivity index (χ0v) is 11.6. The van der Waals surface area contributed by atoms with Gasteiger partial charge in [0, 0.05) is 32.0 Å². The van der Waals surface area contributed by atoms with Crippen LogP contribution < -0.4 is 5.32 Å². The third-order valence-corrected chi connectivity index (χ3v) is 3.55. The summed E-state index contributed by atoms with van der Waals surface area (Å²) in [5.74, 6) is 0.190. The number of nitrogens with one attached hydrogen (secondary N) is 1. The minimum absolute atomic E-state index is 0.0408. The molecule has 1 aliphatic heterocycles. The molecule has 0 bridgehead atoms. The highest BCUT2D eigenvalue weighted by molar-refractivity contribution is 5.79. The Hall–Kier alpha value is -1.93. The predicted molar refractivity (Wildman–Crippen MR) is 75.5 cm³/mol. The number of hydrogen-bond donors (Lipinski definition) is 1. The van der Waals surface area contributed by atoms with Crippen LogP contribution >= 0.6 is 0 Å². The zero-order chi connectivity index (χ0) is 14.2. The molecule has 0 spiro atoms. The lowest BCUT2D eigenvalue weighted by molar-refractivity contribution is -0.136. The Morgan fingerprint density at radius 2 is 2.50 bits per heavy atom. The van der Waals surface area contributed by atoms with E-state index in [1.54, 1.807) is 17.3 Å². The average molecular weight is 272 g/mol. The number of amides is 1. The molecule has 1 N–H and O–H groups in total. The summed E-state index contributed by atoms with van der Waals surface area (Å²) in [6, 6.07) is 5.94. The van der Waals surface area contributed by atoms with Crippen molar-refractivity contribution in [1.82, 2.24) is 15.2 Å². The summed E-state index contributed by atoms with van der Waals surface area (Å²) in [6.07, 6.45) is 5.82. The number of rotatable bonds is 5. The van der Waals surface area contributed by atoms with Crippen LogP contribution in [0.15, 0.2) is 24.5 Å². The Morgan fingerprint density at radius 1 is 1.60 bits per heavy atom. The lowest BCUT2D eigenvalue weighted by Crippen LogP contribution is -2.43. The van der Waals surface area contributed by atoms with Gasteiger partial charge in [-0.25, -0.2) is 0 Å². The summed E-state index contributed by atoms with van der Waals surface area (Å²) in [5, 5.41) is 12.0. The summed E-state index contributed by atoms with van der Waals surface area (Å²) >= 11 is 0. The molecular weight excluding hydrogens is 252 g/mol. The maximum Gasteiger partial charge on any atom is 0.227 e. The molecule has 1 atom stereocenters. The molecule has 5 nitrogen and oxygen atoms in total. The highest BCUT2D eigenvalue weighted by Crippen LogP contribution is 2.15. The molecule has 2 heterocycles. The first-order valence-electron chi connectivity index (χ1n) is 7.06. The van der Waals surface area contributed by atoms with E-state index in [4.69, 9.17) is 5.26 Å². The topological polar surface area (TPSA) is 69.0 Å². The van der Waals surface area contributed by atoms with Crippen LogP contribution in [-0.4, -0.2) is 35.4 Å². The van der Waals surface area contributed by atoms with Crippen molar-refractivity contribution in [2.45, 2.75) is 25.8 Å². The standard InChI is InChI=1S/C15H20N4O/c16-6-3-9-19(12-13-4-1-7-17-10-13)15(20)14-5-2-8-18-11-14/h1,4,7,10,14,18H,2-3,5,8-9,11-12H2/t14-/m0/s1. The van der Waals surface area contributed by atoms with E-state index in [1.165, 1.54) is 0 Å². The summed E-state index contributed by atoms with van der Waals surface area (Å²) in [4.78, 5) is 18.4. The summed E-state index contributed by atoms with van der Waals surface area (Å²) in [7, 11) is 0. The lowest BCUT2D eigenvalue weighted by Gasteiger charge is -2.29. The third-order valence-electron chi connectivity index (χ3n) is 3.55. The number of aromatic nitrogens is 1. The Morgan fingerprint density at radius 3 is 3.15 bits per heavy atom. The van der Waals surface area contributed by atoms with Crippen LogP contribution in [-0.2, 0) is 11.3 Å². The molecule has 0 saturated carbocycles. The molecule has 0 aliphatic carbocycles. The van der Waals surface area contributed by atoms with E-state index in [0.717, 1.165) is 31.5 Å². The van der Waals surface area contributed by atoms with Gasteiger partial charge in [0.2, 0.25) is 5.91 Å². The molecule has 20 heavy (non-hydrogen) atoms. The molecule has 1 aliphatic rings. The van der Waals surface area contributed by atoms with Crippen LogP contribution in [0, 0.1) is 17.2 Å². The molecule has 1 aromatic heterocycles. The van der Waals surface area contributed by atoms with Crippen molar-refractivity contribution in [1.29, 1.82) is 5.26 Å². The van der Waals surface area contributed by atoms with Gasteiger partial charge >= 0.3 is 0 Å². The van der Waals surface area contributed by atoms with Gasteiger partial charge in [0.05, 0.1) is 18.4 Å². The van der Waals surface area contributed by atoms with E-state index >= 15 is 0 Å². The molecule has 1 fully saturated rings. The number of piperidine rings is 1. The molecule has 0 aromatic carbocycles. The van der Waals surface area contributed by atoms with Gasteiger partial charge in [0.1, 0.15) is 0 Å². The molecule has 106 valence electrons. The van der Waals surface area contributed by atoms with Gasteiger partial charge in [0.15, 0.2) is 0 Å². The fraction of sp³-hybridized carbons (Fsp3) is 0.533. The second-order valence-electron chi connectivity index (χ2n) is 5.07. The summed E-state index contributed by atoms with van der Waals surface area (Å²) in [6.45, 7) is 2.76. The van der Waals surface area contributed by atoms with Crippen LogP contribution in [0.5, 0.6) is 0 Å². The van der Waals surface area contributed by atoms with E-state index in [-0.39, 0.29) is 11.8 Å². The molecule has 1 aromatic rings. The van der Waals surface area contributed by atoms with Gasteiger partial charge in [-0.2, -0.15) is 5.26 Å². The fourth-order valence-corrected chi connectivity index (χ4v) is 2.48. The molecule has 1 saturated heterocycles. The van der Waals surface area contributed by atoms with Crippen molar-refractivity contribution in [2.24, 2.45) is 5.92 Å². The molecule has 0 unspecified atom stereocenters. The van der Waals surface area contributed by atoms with Gasteiger partial charge < -0.3 is 10.2 Å². The minimum atomic E-state index is 0.0408. The van der Waals surface area contributed by atoms with Crippen molar-refractivity contribution >= 4 is 5.91 Å². The number of carbonyl (C=O) groups is 1. The zero-order valence-electron chi connectivity index (χ0n) is 11.6. The Balaban J connectivity index is 2.02. The molecule has 5 heteroatoms. The van der Waals surface area contributed by atoms with Crippen LogP contribution in [0.25, 0.3) is 0 Å². The Bertz CT molecular complexity index is 463. The molecule has 2 rings (SSSR count). The summed E-state index contributed by atoms with van der Waals surface area (Å²) in [5.41, 5.74) is 1.00. The van der Waals surface area contributed by atoms with Gasteiger partial charge in [-0.05, 0) is 31.0 Å². The van der Waals surface area contributed by atoms with Crippen LogP contribution in [0.4, 0.5) is 0 Å². The largest absolute Gasteiger partial charge is 0.337 e. The van der Waals surface area contributed by atoms with Gasteiger partial charge in [-0.3, -0.25) is 9.78 Å². The second kappa shape index (κ2) is 7.61. The first kappa shape index (κ1) is 14.5. The number of nitrogens with zero attached hydrogens (tertiary/aromatic N) is 3. The van der Waals surface area contributed by atoms with E-state index in [2.05, 4.69) is 16.4 Å². The maximum absolute atomic E-state index is 12.6. The quantitative estimate of drug-likeness (QED) is 0.878. The normalized spacial score (nSPS) is 18.2. The van der Waals surface area contributed by atoms with Crippen molar-refractivity contribution in [2.75, 3.05) is 19.6 Å². The highest BCUT2D eigenvalue weighted by atomic mass is 16.2. The monoisotopic (exact) mass is 272 g/mol. The summed E-state index contributed by atoms with van der Waals surface area (Å²) < 4.78 is 0. The van der Waals surface area contributed by atoms with E-state index < -0.39 is 0 Å². The molecule has 1 amide bonds. The Labute approximate surface area is 119 Å². The first-order valence-corrected chi connectivity index (χ1v) is 7.06. The Kier molecular flexibility index (Phi) is 5.51. The van der Waals surface area contributed by atoms with E-state index in [1.807, 2.05) is 12.1 Å². The first-order chi connectivity index (χ1) is 9.81. The van der Waals surface area contributed by atoms with Crippen molar-refractivity contribution in [3.05, 3.63) is 30.1 Å². The van der Waals surface area contributed by atoms with Crippen molar-refractivity contribution in [3.63, 3.8) is 0 Å². The van der Waals surface area contributed by atoms with E-state index in [9.17, 15) is 4.79 Å². The van der Waals surface area contributed by atoms with Gasteiger partial charge in [0.25, 0.3) is 0 Å². The predicted octanol–water partition coefficient (Wildman–Crippen LogP) is 1.32. The van der Waals surface area contributed by atoms with Gasteiger partial charge in [-0.1, -0.05) is 6.07 Å². The number of carbonyl (C=O) groups excluding carboxylic acids is 1. The van der Waals surface area contributed by atoms with Crippen LogP contribution in [0.3, 0.4) is 0 Å². The third kappa shape index (κ3) is 4.04. The number of hydrogen-bond acceptors (Lipinski definition) is 4. The molecular formula is C15H20N4O. The molecule has 0 radical (unpaired) electrons. The maximum atomic E-state index is 12.6.